The molecular formula is C13H23N3O2. The third-order valence-corrected chi connectivity index (χ3v) is 2.80. The number of hydrogen-bond acceptors (Lipinski definition) is 5. The fraction of sp³-hybridized carbons (Fsp3) is 0.692. The van der Waals surface area contributed by atoms with Crippen molar-refractivity contribution in [2.75, 3.05) is 18.1 Å². The minimum atomic E-state index is -0.119. The molecule has 0 amide bonds. The van der Waals surface area contributed by atoms with Crippen LogP contribution in [0, 0.1) is 0 Å². The van der Waals surface area contributed by atoms with Gasteiger partial charge >= 0.3 is 0 Å². The van der Waals surface area contributed by atoms with Gasteiger partial charge in [-0.2, -0.15) is 0 Å². The van der Waals surface area contributed by atoms with Crippen molar-refractivity contribution in [2.45, 2.75) is 46.3 Å². The summed E-state index contributed by atoms with van der Waals surface area (Å²) >= 11 is 0. The van der Waals surface area contributed by atoms with Gasteiger partial charge in [-0.3, -0.25) is 0 Å². The zero-order chi connectivity index (χ0) is 13.7. The molecule has 1 aromatic rings. The average molecular weight is 253 g/mol. The van der Waals surface area contributed by atoms with Gasteiger partial charge < -0.3 is 15.1 Å². The van der Waals surface area contributed by atoms with E-state index in [9.17, 15) is 5.11 Å². The minimum absolute atomic E-state index is 0.0645. The smallest absolute Gasteiger partial charge is 0.131 e. The summed E-state index contributed by atoms with van der Waals surface area (Å²) in [6, 6.07) is 0.218. The van der Waals surface area contributed by atoms with E-state index >= 15 is 0 Å². The van der Waals surface area contributed by atoms with E-state index in [1.807, 2.05) is 32.6 Å². The largest absolute Gasteiger partial charge is 0.395 e. The number of rotatable bonds is 6. The molecule has 0 aliphatic heterocycles. The molecule has 0 saturated heterocycles. The molecule has 1 rings (SSSR count). The number of aliphatic hydroxyl groups excluding tert-OH is 2. The van der Waals surface area contributed by atoms with Crippen LogP contribution in [-0.4, -0.2) is 39.4 Å². The molecule has 0 saturated carbocycles. The van der Waals surface area contributed by atoms with Gasteiger partial charge in [0, 0.05) is 18.5 Å². The van der Waals surface area contributed by atoms with E-state index < -0.39 is 0 Å². The molecule has 0 atom stereocenters. The molecule has 2 N–H and O–H groups in total. The zero-order valence-corrected chi connectivity index (χ0v) is 11.6. The maximum Gasteiger partial charge on any atom is 0.131 e. The highest BCUT2D eigenvalue weighted by Gasteiger charge is 2.16. The van der Waals surface area contributed by atoms with Crippen LogP contribution in [0.2, 0.25) is 0 Å². The number of hydrogen-bond donors (Lipinski definition) is 2. The highest BCUT2D eigenvalue weighted by Crippen LogP contribution is 2.22. The lowest BCUT2D eigenvalue weighted by Crippen LogP contribution is -2.34. The highest BCUT2D eigenvalue weighted by molar-refractivity contribution is 5.49. The molecule has 0 radical (unpaired) electrons. The molecule has 0 bridgehead atoms. The number of aromatic nitrogens is 2. The normalized spacial score (nSPS) is 11.3. The summed E-state index contributed by atoms with van der Waals surface area (Å²) in [7, 11) is 0. The Labute approximate surface area is 109 Å². The van der Waals surface area contributed by atoms with Crippen LogP contribution in [-0.2, 0) is 6.61 Å². The standard InChI is InChI=1S/C13H23N3O2/c1-9(2)13-14-7-12(11(8-18)15-13)16(5-6-17)10(3)4/h7,9-10,17-18H,5-6,8H2,1-4H3. The summed E-state index contributed by atoms with van der Waals surface area (Å²) in [4.78, 5) is 10.7. The summed E-state index contributed by atoms with van der Waals surface area (Å²) in [5, 5.41) is 18.6. The van der Waals surface area contributed by atoms with Crippen LogP contribution in [0.15, 0.2) is 6.20 Å². The van der Waals surface area contributed by atoms with E-state index in [-0.39, 0.29) is 25.2 Å². The topological polar surface area (TPSA) is 69.5 Å². The van der Waals surface area contributed by atoms with Gasteiger partial charge in [-0.1, -0.05) is 13.8 Å². The van der Waals surface area contributed by atoms with E-state index in [2.05, 4.69) is 9.97 Å². The number of anilines is 1. The Bertz CT molecular complexity index is 380. The summed E-state index contributed by atoms with van der Waals surface area (Å²) in [6.45, 7) is 8.56. The van der Waals surface area contributed by atoms with E-state index in [0.29, 0.717) is 12.2 Å². The molecule has 18 heavy (non-hydrogen) atoms. The molecule has 0 aromatic carbocycles. The van der Waals surface area contributed by atoms with Crippen LogP contribution in [0.5, 0.6) is 0 Å². The minimum Gasteiger partial charge on any atom is -0.395 e. The van der Waals surface area contributed by atoms with Gasteiger partial charge in [-0.05, 0) is 13.8 Å². The predicted molar refractivity (Wildman–Crippen MR) is 71.6 cm³/mol. The molecule has 0 aliphatic rings. The third-order valence-electron chi connectivity index (χ3n) is 2.80. The predicted octanol–water partition coefficient (Wildman–Crippen LogP) is 1.30. The van der Waals surface area contributed by atoms with Crippen molar-refractivity contribution < 1.29 is 10.2 Å². The van der Waals surface area contributed by atoms with Crippen LogP contribution in [0.3, 0.4) is 0 Å². The van der Waals surface area contributed by atoms with E-state index in [4.69, 9.17) is 5.11 Å². The second-order valence-electron chi connectivity index (χ2n) is 4.88. The molecule has 1 heterocycles. The SMILES string of the molecule is CC(C)c1ncc(N(CCO)C(C)C)c(CO)n1. The second kappa shape index (κ2) is 6.66. The number of aliphatic hydroxyl groups is 2. The Hall–Kier alpha value is -1.20. The monoisotopic (exact) mass is 253 g/mol. The van der Waals surface area contributed by atoms with Crippen LogP contribution in [0.4, 0.5) is 5.69 Å². The lowest BCUT2D eigenvalue weighted by molar-refractivity contribution is 0.274. The van der Waals surface area contributed by atoms with Crippen molar-refractivity contribution in [2.24, 2.45) is 0 Å². The maximum atomic E-state index is 9.44. The molecule has 0 fully saturated rings. The first-order valence-electron chi connectivity index (χ1n) is 6.35. The van der Waals surface area contributed by atoms with E-state index in [1.54, 1.807) is 6.20 Å². The van der Waals surface area contributed by atoms with Crippen LogP contribution < -0.4 is 4.90 Å². The average Bonchev–Trinajstić information content (AvgIpc) is 2.34. The van der Waals surface area contributed by atoms with Crippen molar-refractivity contribution in [1.82, 2.24) is 9.97 Å². The molecule has 0 aliphatic carbocycles. The Morgan fingerprint density at radius 1 is 1.22 bits per heavy atom. The highest BCUT2D eigenvalue weighted by atomic mass is 16.3. The summed E-state index contributed by atoms with van der Waals surface area (Å²) < 4.78 is 0. The quantitative estimate of drug-likeness (QED) is 0.799. The summed E-state index contributed by atoms with van der Waals surface area (Å²) in [6.07, 6.45) is 1.74. The van der Waals surface area contributed by atoms with Crippen molar-refractivity contribution in [3.8, 4) is 0 Å². The second-order valence-corrected chi connectivity index (χ2v) is 4.88. The Kier molecular flexibility index (Phi) is 5.50. The Morgan fingerprint density at radius 3 is 2.33 bits per heavy atom. The molecular weight excluding hydrogens is 230 g/mol. The fourth-order valence-corrected chi connectivity index (χ4v) is 1.83. The van der Waals surface area contributed by atoms with Gasteiger partial charge in [0.2, 0.25) is 0 Å². The molecule has 5 heteroatoms. The van der Waals surface area contributed by atoms with Crippen LogP contribution >= 0.6 is 0 Å². The zero-order valence-electron chi connectivity index (χ0n) is 11.6. The Morgan fingerprint density at radius 2 is 1.89 bits per heavy atom. The summed E-state index contributed by atoms with van der Waals surface area (Å²) in [5.74, 6) is 0.963. The van der Waals surface area contributed by atoms with Crippen molar-refractivity contribution in [3.63, 3.8) is 0 Å². The Balaban J connectivity index is 3.13. The fourth-order valence-electron chi connectivity index (χ4n) is 1.83. The van der Waals surface area contributed by atoms with Crippen LogP contribution in [0.25, 0.3) is 0 Å². The van der Waals surface area contributed by atoms with Gasteiger partial charge in [0.15, 0.2) is 0 Å². The summed E-state index contributed by atoms with van der Waals surface area (Å²) in [5.41, 5.74) is 1.42. The molecule has 5 nitrogen and oxygen atoms in total. The van der Waals surface area contributed by atoms with Gasteiger partial charge in [0.1, 0.15) is 5.82 Å². The molecule has 0 spiro atoms. The van der Waals surface area contributed by atoms with Gasteiger partial charge in [-0.15, -0.1) is 0 Å². The molecule has 0 unspecified atom stereocenters. The van der Waals surface area contributed by atoms with Gasteiger partial charge in [0.25, 0.3) is 0 Å². The van der Waals surface area contributed by atoms with Gasteiger partial charge in [-0.25, -0.2) is 9.97 Å². The first-order chi connectivity index (χ1) is 8.51. The first kappa shape index (κ1) is 14.9. The van der Waals surface area contributed by atoms with Gasteiger partial charge in [0.05, 0.1) is 30.8 Å². The van der Waals surface area contributed by atoms with E-state index in [0.717, 1.165) is 11.5 Å². The van der Waals surface area contributed by atoms with Crippen LogP contribution in [0.1, 0.15) is 45.1 Å². The van der Waals surface area contributed by atoms with Crippen molar-refractivity contribution in [3.05, 3.63) is 17.7 Å². The lowest BCUT2D eigenvalue weighted by atomic mass is 10.2. The van der Waals surface area contributed by atoms with Crippen molar-refractivity contribution in [1.29, 1.82) is 0 Å². The third kappa shape index (κ3) is 3.40. The van der Waals surface area contributed by atoms with E-state index in [1.165, 1.54) is 0 Å². The number of nitrogens with zero attached hydrogens (tertiary/aromatic N) is 3. The first-order valence-corrected chi connectivity index (χ1v) is 6.35. The molecule has 102 valence electrons. The lowest BCUT2D eigenvalue weighted by Gasteiger charge is -2.29. The van der Waals surface area contributed by atoms with Crippen molar-refractivity contribution >= 4 is 5.69 Å². The molecule has 1 aromatic heterocycles. The maximum absolute atomic E-state index is 9.44.